The molecule has 3 N–H and O–H groups in total. The highest BCUT2D eigenvalue weighted by molar-refractivity contribution is 5.74. The second kappa shape index (κ2) is 9.60. The van der Waals surface area contributed by atoms with E-state index in [-0.39, 0.29) is 24.5 Å². The number of amides is 2. The van der Waals surface area contributed by atoms with Crippen LogP contribution >= 0.6 is 0 Å². The number of nitrogens with one attached hydrogen (secondary N) is 2. The van der Waals surface area contributed by atoms with Gasteiger partial charge in [-0.3, -0.25) is 4.79 Å². The average molecular weight is 300 g/mol. The molecule has 1 saturated heterocycles. The Morgan fingerprint density at radius 2 is 2.10 bits per heavy atom. The molecule has 1 heterocycles. The lowest BCUT2D eigenvalue weighted by atomic mass is 9.94. The lowest BCUT2D eigenvalue weighted by molar-refractivity contribution is -0.138. The van der Waals surface area contributed by atoms with Crippen molar-refractivity contribution in [2.45, 2.75) is 52.1 Å². The number of hydrogen-bond acceptors (Lipinski definition) is 3. The average Bonchev–Trinajstić information content (AvgIpc) is 2.88. The van der Waals surface area contributed by atoms with Crippen LogP contribution in [-0.2, 0) is 9.53 Å². The number of urea groups is 1. The molecular weight excluding hydrogens is 272 g/mol. The second-order valence-electron chi connectivity index (χ2n) is 6.15. The minimum atomic E-state index is -0.818. The zero-order valence-electron chi connectivity index (χ0n) is 13.1. The summed E-state index contributed by atoms with van der Waals surface area (Å²) < 4.78 is 5.48. The van der Waals surface area contributed by atoms with Gasteiger partial charge in [-0.25, -0.2) is 4.79 Å². The first-order valence-electron chi connectivity index (χ1n) is 7.82. The van der Waals surface area contributed by atoms with Crippen molar-refractivity contribution in [2.24, 2.45) is 11.8 Å². The van der Waals surface area contributed by atoms with Crippen LogP contribution in [0.3, 0.4) is 0 Å². The molecule has 0 saturated carbocycles. The molecule has 2 unspecified atom stereocenters. The van der Waals surface area contributed by atoms with Gasteiger partial charge in [-0.15, -0.1) is 0 Å². The zero-order chi connectivity index (χ0) is 15.7. The lowest BCUT2D eigenvalue weighted by Gasteiger charge is -2.18. The third kappa shape index (κ3) is 8.55. The fourth-order valence-electron chi connectivity index (χ4n) is 2.67. The molecule has 21 heavy (non-hydrogen) atoms. The maximum absolute atomic E-state index is 11.7. The number of carboxylic acid groups (broad SMARTS) is 1. The minimum Gasteiger partial charge on any atom is -0.481 e. The zero-order valence-corrected chi connectivity index (χ0v) is 13.1. The third-order valence-electron chi connectivity index (χ3n) is 3.60. The minimum absolute atomic E-state index is 0.0218. The first kappa shape index (κ1) is 17.8. The van der Waals surface area contributed by atoms with Crippen LogP contribution in [0.1, 0.15) is 46.0 Å². The van der Waals surface area contributed by atoms with E-state index in [1.165, 1.54) is 0 Å². The van der Waals surface area contributed by atoms with E-state index in [4.69, 9.17) is 9.84 Å². The van der Waals surface area contributed by atoms with Crippen LogP contribution in [0.25, 0.3) is 0 Å². The Kier molecular flexibility index (Phi) is 8.12. The molecular formula is C15H28N2O4. The first-order chi connectivity index (χ1) is 9.97. The topological polar surface area (TPSA) is 87.7 Å². The second-order valence-corrected chi connectivity index (χ2v) is 6.15. The predicted molar refractivity (Wildman–Crippen MR) is 80.2 cm³/mol. The molecule has 6 heteroatoms. The van der Waals surface area contributed by atoms with E-state index in [9.17, 15) is 9.59 Å². The molecule has 0 aliphatic carbocycles. The Labute approximate surface area is 126 Å². The molecule has 0 spiro atoms. The molecule has 1 fully saturated rings. The molecule has 1 rings (SSSR count). The fraction of sp³-hybridized carbons (Fsp3) is 0.867. The number of ether oxygens (including phenoxy) is 1. The molecule has 0 aromatic carbocycles. The monoisotopic (exact) mass is 300 g/mol. The Bertz CT molecular complexity index is 328. The van der Waals surface area contributed by atoms with Gasteiger partial charge in [0.15, 0.2) is 0 Å². The summed E-state index contributed by atoms with van der Waals surface area (Å²) in [6, 6.07) is -0.229. The highest BCUT2D eigenvalue weighted by atomic mass is 16.5. The predicted octanol–water partition coefficient (Wildman–Crippen LogP) is 1.99. The van der Waals surface area contributed by atoms with Crippen LogP contribution < -0.4 is 10.6 Å². The van der Waals surface area contributed by atoms with Crippen LogP contribution in [0.5, 0.6) is 0 Å². The van der Waals surface area contributed by atoms with Gasteiger partial charge in [-0.2, -0.15) is 0 Å². The molecule has 0 bridgehead atoms. The Morgan fingerprint density at radius 3 is 2.67 bits per heavy atom. The van der Waals surface area contributed by atoms with Crippen LogP contribution in [-0.4, -0.2) is 42.9 Å². The summed E-state index contributed by atoms with van der Waals surface area (Å²) >= 11 is 0. The SMILES string of the molecule is CC(C)CC(CNC(=O)NCCC1CCCO1)CC(=O)O. The van der Waals surface area contributed by atoms with Crippen LogP contribution in [0, 0.1) is 11.8 Å². The summed E-state index contributed by atoms with van der Waals surface area (Å²) in [5.74, 6) is -0.425. The van der Waals surface area contributed by atoms with Crippen molar-refractivity contribution in [3.63, 3.8) is 0 Å². The summed E-state index contributed by atoms with van der Waals surface area (Å²) in [6.07, 6.45) is 4.15. The maximum Gasteiger partial charge on any atom is 0.314 e. The normalized spacial score (nSPS) is 19.5. The molecule has 2 amide bonds. The van der Waals surface area contributed by atoms with E-state index in [1.54, 1.807) is 0 Å². The van der Waals surface area contributed by atoms with Crippen molar-refractivity contribution in [3.05, 3.63) is 0 Å². The summed E-state index contributed by atoms with van der Waals surface area (Å²) in [6.45, 7) is 5.91. The summed E-state index contributed by atoms with van der Waals surface area (Å²) in [4.78, 5) is 22.5. The largest absolute Gasteiger partial charge is 0.481 e. The van der Waals surface area contributed by atoms with E-state index < -0.39 is 5.97 Å². The van der Waals surface area contributed by atoms with Crippen LogP contribution in [0.4, 0.5) is 4.79 Å². The van der Waals surface area contributed by atoms with Crippen molar-refractivity contribution < 1.29 is 19.4 Å². The van der Waals surface area contributed by atoms with Crippen LogP contribution in [0.15, 0.2) is 0 Å². The van der Waals surface area contributed by atoms with Crippen molar-refractivity contribution in [1.82, 2.24) is 10.6 Å². The van der Waals surface area contributed by atoms with Gasteiger partial charge in [0.2, 0.25) is 0 Å². The third-order valence-corrected chi connectivity index (χ3v) is 3.60. The molecule has 1 aliphatic heterocycles. The summed E-state index contributed by atoms with van der Waals surface area (Å²) in [5, 5.41) is 14.4. The molecule has 0 aromatic rings. The molecule has 0 aromatic heterocycles. The van der Waals surface area contributed by atoms with Gasteiger partial charge in [-0.05, 0) is 37.5 Å². The Hall–Kier alpha value is -1.30. The van der Waals surface area contributed by atoms with Crippen LogP contribution in [0.2, 0.25) is 0 Å². The van der Waals surface area contributed by atoms with Gasteiger partial charge >= 0.3 is 12.0 Å². The lowest BCUT2D eigenvalue weighted by Crippen LogP contribution is -2.39. The van der Waals surface area contributed by atoms with Gasteiger partial charge < -0.3 is 20.5 Å². The van der Waals surface area contributed by atoms with Crippen molar-refractivity contribution in [3.8, 4) is 0 Å². The van der Waals surface area contributed by atoms with E-state index in [1.807, 2.05) is 0 Å². The number of rotatable bonds is 9. The highest BCUT2D eigenvalue weighted by Crippen LogP contribution is 2.15. The summed E-state index contributed by atoms with van der Waals surface area (Å²) in [7, 11) is 0. The number of carboxylic acids is 1. The maximum atomic E-state index is 11.7. The molecule has 6 nitrogen and oxygen atoms in total. The van der Waals surface area contributed by atoms with Gasteiger partial charge in [0, 0.05) is 26.1 Å². The van der Waals surface area contributed by atoms with E-state index in [0.29, 0.717) is 19.0 Å². The summed E-state index contributed by atoms with van der Waals surface area (Å²) in [5.41, 5.74) is 0. The van der Waals surface area contributed by atoms with Crippen molar-refractivity contribution in [1.29, 1.82) is 0 Å². The van der Waals surface area contributed by atoms with Gasteiger partial charge in [-0.1, -0.05) is 13.8 Å². The van der Waals surface area contributed by atoms with Gasteiger partial charge in [0.25, 0.3) is 0 Å². The van der Waals surface area contributed by atoms with E-state index in [0.717, 1.165) is 32.3 Å². The van der Waals surface area contributed by atoms with Gasteiger partial charge in [0.1, 0.15) is 0 Å². The molecule has 0 radical (unpaired) electrons. The number of aliphatic carboxylic acids is 1. The standard InChI is InChI=1S/C15H28N2O4/c1-11(2)8-12(9-14(18)19)10-17-15(20)16-6-5-13-4-3-7-21-13/h11-13H,3-10H2,1-2H3,(H,18,19)(H2,16,17,20). The highest BCUT2D eigenvalue weighted by Gasteiger charge is 2.17. The smallest absolute Gasteiger partial charge is 0.314 e. The quantitative estimate of drug-likeness (QED) is 0.607. The Morgan fingerprint density at radius 1 is 1.33 bits per heavy atom. The van der Waals surface area contributed by atoms with E-state index in [2.05, 4.69) is 24.5 Å². The van der Waals surface area contributed by atoms with Crippen molar-refractivity contribution >= 4 is 12.0 Å². The van der Waals surface area contributed by atoms with Crippen molar-refractivity contribution in [2.75, 3.05) is 19.7 Å². The van der Waals surface area contributed by atoms with Gasteiger partial charge in [0.05, 0.1) is 6.10 Å². The number of carbonyl (C=O) groups is 2. The van der Waals surface area contributed by atoms with E-state index >= 15 is 0 Å². The first-order valence-corrected chi connectivity index (χ1v) is 7.82. The molecule has 2 atom stereocenters. The number of hydrogen-bond donors (Lipinski definition) is 3. The molecule has 122 valence electrons. The molecule has 1 aliphatic rings. The fourth-order valence-corrected chi connectivity index (χ4v) is 2.67. The number of carbonyl (C=O) groups excluding carboxylic acids is 1. The Balaban J connectivity index is 2.17.